The molecule has 0 amide bonds. The van der Waals surface area contributed by atoms with Gasteiger partial charge in [-0.05, 0) is 22.0 Å². The average Bonchev–Trinajstić information content (AvgIpc) is 2.65. The summed E-state index contributed by atoms with van der Waals surface area (Å²) in [5.74, 6) is 0.603. The van der Waals surface area contributed by atoms with E-state index in [9.17, 15) is 0 Å². The Hall–Kier alpha value is -0.940. The van der Waals surface area contributed by atoms with E-state index in [1.54, 1.807) is 7.11 Å². The minimum atomic E-state index is 0.603. The van der Waals surface area contributed by atoms with Crippen molar-refractivity contribution in [3.05, 3.63) is 27.5 Å². The Morgan fingerprint density at radius 3 is 2.79 bits per heavy atom. The molecule has 2 aromatic rings. The van der Waals surface area contributed by atoms with Crippen molar-refractivity contribution in [2.24, 2.45) is 0 Å². The lowest BCUT2D eigenvalue weighted by molar-refractivity contribution is 0.398. The van der Waals surface area contributed by atoms with E-state index in [1.165, 1.54) is 11.3 Å². The summed E-state index contributed by atoms with van der Waals surface area (Å²) >= 11 is 4.85. The van der Waals surface area contributed by atoms with E-state index in [4.69, 9.17) is 4.74 Å². The molecule has 0 radical (unpaired) electrons. The summed E-state index contributed by atoms with van der Waals surface area (Å²) in [6.07, 6.45) is 0. The number of ether oxygens (including phenoxy) is 1. The van der Waals surface area contributed by atoms with Crippen LogP contribution in [0.5, 0.6) is 5.88 Å². The van der Waals surface area contributed by atoms with Crippen LogP contribution < -0.4 is 4.74 Å². The normalized spacial score (nSPS) is 10.1. The lowest BCUT2D eigenvalue weighted by atomic mass is 10.3. The number of rotatable bonds is 2. The third kappa shape index (κ3) is 1.93. The molecule has 2 rings (SSSR count). The molecule has 0 unspecified atom stereocenters. The van der Waals surface area contributed by atoms with Gasteiger partial charge in [-0.15, -0.1) is 11.3 Å². The molecular weight excluding hydrogens is 264 g/mol. The fourth-order valence-corrected chi connectivity index (χ4v) is 2.05. The van der Waals surface area contributed by atoms with E-state index in [0.29, 0.717) is 5.88 Å². The maximum Gasteiger partial charge on any atom is 0.213 e. The Morgan fingerprint density at radius 1 is 1.29 bits per heavy atom. The van der Waals surface area contributed by atoms with Crippen molar-refractivity contribution in [3.8, 4) is 17.3 Å². The number of methoxy groups -OCH3 is 1. The molecule has 0 saturated carbocycles. The smallest absolute Gasteiger partial charge is 0.213 e. The van der Waals surface area contributed by atoms with E-state index in [0.717, 1.165) is 15.3 Å². The highest BCUT2D eigenvalue weighted by Crippen LogP contribution is 2.24. The Balaban J connectivity index is 2.41. The van der Waals surface area contributed by atoms with Crippen molar-refractivity contribution >= 4 is 27.3 Å². The van der Waals surface area contributed by atoms with Gasteiger partial charge >= 0.3 is 0 Å². The van der Waals surface area contributed by atoms with Gasteiger partial charge < -0.3 is 4.74 Å². The number of halogens is 1. The van der Waals surface area contributed by atoms with Crippen LogP contribution in [-0.2, 0) is 0 Å². The zero-order valence-electron chi connectivity index (χ0n) is 7.40. The van der Waals surface area contributed by atoms with Gasteiger partial charge in [0.15, 0.2) is 3.92 Å². The summed E-state index contributed by atoms with van der Waals surface area (Å²) in [7, 11) is 1.60. The van der Waals surface area contributed by atoms with Gasteiger partial charge in [-0.3, -0.25) is 0 Å². The van der Waals surface area contributed by atoms with E-state index in [2.05, 4.69) is 25.9 Å². The van der Waals surface area contributed by atoms with Gasteiger partial charge in [-0.25, -0.2) is 9.97 Å². The van der Waals surface area contributed by atoms with Crippen molar-refractivity contribution in [1.82, 2.24) is 9.97 Å². The van der Waals surface area contributed by atoms with Gasteiger partial charge in [0.1, 0.15) is 5.69 Å². The molecule has 14 heavy (non-hydrogen) atoms. The van der Waals surface area contributed by atoms with E-state index < -0.39 is 0 Å². The zero-order chi connectivity index (χ0) is 9.97. The largest absolute Gasteiger partial charge is 0.481 e. The monoisotopic (exact) mass is 270 g/mol. The minimum absolute atomic E-state index is 0.603. The van der Waals surface area contributed by atoms with Crippen molar-refractivity contribution in [1.29, 1.82) is 0 Å². The quantitative estimate of drug-likeness (QED) is 0.842. The minimum Gasteiger partial charge on any atom is -0.481 e. The fourth-order valence-electron chi connectivity index (χ4n) is 1.04. The molecule has 0 atom stereocenters. The molecule has 0 fully saturated rings. The van der Waals surface area contributed by atoms with Crippen molar-refractivity contribution in [2.75, 3.05) is 7.11 Å². The summed E-state index contributed by atoms with van der Waals surface area (Å²) in [6.45, 7) is 0. The average molecular weight is 271 g/mol. The second-order valence-electron chi connectivity index (χ2n) is 2.55. The van der Waals surface area contributed by atoms with Crippen LogP contribution in [0.2, 0.25) is 0 Å². The van der Waals surface area contributed by atoms with Gasteiger partial charge in [0.05, 0.1) is 12.8 Å². The molecular formula is C9H7BrN2OS. The van der Waals surface area contributed by atoms with Crippen molar-refractivity contribution in [2.45, 2.75) is 0 Å². The highest BCUT2D eigenvalue weighted by atomic mass is 79.9. The van der Waals surface area contributed by atoms with Gasteiger partial charge in [0.25, 0.3) is 0 Å². The Kier molecular flexibility index (Phi) is 2.79. The molecule has 0 aromatic carbocycles. The molecule has 2 heterocycles. The van der Waals surface area contributed by atoms with Crippen LogP contribution in [0.4, 0.5) is 0 Å². The highest BCUT2D eigenvalue weighted by Gasteiger charge is 2.04. The molecule has 0 aliphatic carbocycles. The van der Waals surface area contributed by atoms with Gasteiger partial charge in [-0.1, -0.05) is 6.07 Å². The van der Waals surface area contributed by atoms with Gasteiger partial charge in [0.2, 0.25) is 5.88 Å². The maximum absolute atomic E-state index is 5.04. The number of aromatic nitrogens is 2. The molecule has 0 saturated heterocycles. The van der Waals surface area contributed by atoms with E-state index >= 15 is 0 Å². The number of pyridine rings is 1. The number of thiazole rings is 1. The van der Waals surface area contributed by atoms with Gasteiger partial charge in [-0.2, -0.15) is 0 Å². The van der Waals surface area contributed by atoms with Crippen LogP contribution >= 0.6 is 27.3 Å². The SMILES string of the molecule is COc1cccc(-c2csc(Br)n2)n1. The Morgan fingerprint density at radius 2 is 2.14 bits per heavy atom. The first-order valence-corrected chi connectivity index (χ1v) is 5.59. The molecule has 0 bridgehead atoms. The third-order valence-electron chi connectivity index (χ3n) is 1.67. The van der Waals surface area contributed by atoms with Crippen LogP contribution in [-0.4, -0.2) is 17.1 Å². The van der Waals surface area contributed by atoms with Gasteiger partial charge in [0, 0.05) is 11.4 Å². The first kappa shape index (κ1) is 9.61. The Bertz CT molecular complexity index is 444. The first-order valence-electron chi connectivity index (χ1n) is 3.92. The molecule has 2 aromatic heterocycles. The molecule has 3 nitrogen and oxygen atoms in total. The number of hydrogen-bond donors (Lipinski definition) is 0. The predicted octanol–water partition coefficient (Wildman–Crippen LogP) is 2.98. The van der Waals surface area contributed by atoms with Crippen LogP contribution in [0.3, 0.4) is 0 Å². The van der Waals surface area contributed by atoms with E-state index in [-0.39, 0.29) is 0 Å². The van der Waals surface area contributed by atoms with Crippen molar-refractivity contribution in [3.63, 3.8) is 0 Å². The van der Waals surface area contributed by atoms with Crippen LogP contribution in [0.1, 0.15) is 0 Å². The van der Waals surface area contributed by atoms with Crippen LogP contribution in [0.25, 0.3) is 11.4 Å². The summed E-state index contributed by atoms with van der Waals surface area (Å²) in [5.41, 5.74) is 1.69. The van der Waals surface area contributed by atoms with Crippen LogP contribution in [0, 0.1) is 0 Å². The summed E-state index contributed by atoms with van der Waals surface area (Å²) in [4.78, 5) is 8.55. The number of nitrogens with zero attached hydrogens (tertiary/aromatic N) is 2. The zero-order valence-corrected chi connectivity index (χ0v) is 9.80. The van der Waals surface area contributed by atoms with Crippen LogP contribution in [0.15, 0.2) is 27.5 Å². The summed E-state index contributed by atoms with van der Waals surface area (Å²) in [6, 6.07) is 5.61. The summed E-state index contributed by atoms with van der Waals surface area (Å²) in [5, 5.41) is 1.95. The molecule has 5 heteroatoms. The second kappa shape index (κ2) is 4.06. The lowest BCUT2D eigenvalue weighted by Gasteiger charge is -1.99. The van der Waals surface area contributed by atoms with E-state index in [1.807, 2.05) is 23.6 Å². The maximum atomic E-state index is 5.04. The predicted molar refractivity (Wildman–Crippen MR) is 59.6 cm³/mol. The third-order valence-corrected chi connectivity index (χ3v) is 3.04. The van der Waals surface area contributed by atoms with Crippen molar-refractivity contribution < 1.29 is 4.74 Å². The lowest BCUT2D eigenvalue weighted by Crippen LogP contribution is -1.89. The summed E-state index contributed by atoms with van der Waals surface area (Å²) < 4.78 is 5.89. The molecule has 0 aliphatic rings. The number of hydrogen-bond acceptors (Lipinski definition) is 4. The Labute approximate surface area is 93.9 Å². The molecule has 0 spiro atoms. The molecule has 0 N–H and O–H groups in total. The highest BCUT2D eigenvalue weighted by molar-refractivity contribution is 9.11. The fraction of sp³-hybridized carbons (Fsp3) is 0.111. The standard InChI is InChI=1S/C9H7BrN2OS/c1-13-8-4-2-3-6(11-8)7-5-14-9(10)12-7/h2-5H,1H3. The first-order chi connectivity index (χ1) is 6.79. The topological polar surface area (TPSA) is 35.0 Å². The molecule has 0 aliphatic heterocycles. The molecule has 72 valence electrons. The second-order valence-corrected chi connectivity index (χ2v) is 4.69.